The van der Waals surface area contributed by atoms with Crippen LogP contribution >= 0.6 is 11.3 Å². The summed E-state index contributed by atoms with van der Waals surface area (Å²) in [6, 6.07) is 2.01. The van der Waals surface area contributed by atoms with Gasteiger partial charge in [-0.3, -0.25) is 0 Å². The van der Waals surface area contributed by atoms with Crippen molar-refractivity contribution in [3.63, 3.8) is 0 Å². The van der Waals surface area contributed by atoms with E-state index in [0.29, 0.717) is 12.6 Å². The smallest absolute Gasteiger partial charge is 0.223 e. The van der Waals surface area contributed by atoms with Crippen molar-refractivity contribution >= 4 is 33.3 Å². The van der Waals surface area contributed by atoms with Crippen LogP contribution in [0.25, 0.3) is 10.2 Å². The van der Waals surface area contributed by atoms with Crippen molar-refractivity contribution in [1.82, 2.24) is 9.97 Å². The minimum Gasteiger partial charge on any atom is -0.379 e. The number of nitrogens with one attached hydrogen (secondary N) is 1. The van der Waals surface area contributed by atoms with Crippen molar-refractivity contribution in [2.24, 2.45) is 0 Å². The normalized spacial score (nSPS) is 24.3. The van der Waals surface area contributed by atoms with Gasteiger partial charge in [-0.25, -0.2) is 4.98 Å². The molecule has 1 atom stereocenters. The van der Waals surface area contributed by atoms with E-state index in [1.807, 2.05) is 11.4 Å². The second-order valence-corrected chi connectivity index (χ2v) is 5.45. The van der Waals surface area contributed by atoms with Crippen LogP contribution in [-0.2, 0) is 4.74 Å². The van der Waals surface area contributed by atoms with E-state index in [1.165, 1.54) is 0 Å². The molecule has 1 fully saturated rings. The number of hydrogen-bond acceptors (Lipinski definition) is 6. The Hall–Kier alpha value is -1.40. The van der Waals surface area contributed by atoms with Crippen LogP contribution in [0, 0.1) is 0 Å². The fourth-order valence-corrected chi connectivity index (χ4v) is 2.79. The van der Waals surface area contributed by atoms with E-state index in [0.717, 1.165) is 29.1 Å². The molecular weight excluding hydrogens is 236 g/mol. The summed E-state index contributed by atoms with van der Waals surface area (Å²) in [7, 11) is 0. The predicted molar refractivity (Wildman–Crippen MR) is 69.3 cm³/mol. The van der Waals surface area contributed by atoms with Crippen molar-refractivity contribution in [1.29, 1.82) is 0 Å². The van der Waals surface area contributed by atoms with Gasteiger partial charge in [-0.15, -0.1) is 11.3 Å². The Morgan fingerprint density at radius 1 is 1.53 bits per heavy atom. The molecule has 17 heavy (non-hydrogen) atoms. The molecule has 1 aliphatic heterocycles. The predicted octanol–water partition coefficient (Wildman–Crippen LogP) is 1.86. The molecule has 1 unspecified atom stereocenters. The van der Waals surface area contributed by atoms with Gasteiger partial charge in [-0.2, -0.15) is 4.98 Å². The van der Waals surface area contributed by atoms with Crippen molar-refractivity contribution in [3.8, 4) is 0 Å². The summed E-state index contributed by atoms with van der Waals surface area (Å²) in [6.45, 7) is 3.62. The van der Waals surface area contributed by atoms with Crippen LogP contribution in [0.3, 0.4) is 0 Å². The molecule has 5 nitrogen and oxygen atoms in total. The fourth-order valence-electron chi connectivity index (χ4n) is 2.02. The lowest BCUT2D eigenvalue weighted by Gasteiger charge is -2.24. The van der Waals surface area contributed by atoms with Crippen molar-refractivity contribution in [2.75, 3.05) is 24.3 Å². The van der Waals surface area contributed by atoms with Gasteiger partial charge in [0.1, 0.15) is 10.6 Å². The van der Waals surface area contributed by atoms with Crippen molar-refractivity contribution < 1.29 is 4.74 Å². The minimum absolute atomic E-state index is 0.0599. The molecule has 1 aliphatic rings. The molecule has 6 heteroatoms. The lowest BCUT2D eigenvalue weighted by Crippen LogP contribution is -2.35. The lowest BCUT2D eigenvalue weighted by molar-refractivity contribution is 0.185. The van der Waals surface area contributed by atoms with E-state index < -0.39 is 0 Å². The van der Waals surface area contributed by atoms with Gasteiger partial charge in [0.25, 0.3) is 0 Å². The van der Waals surface area contributed by atoms with E-state index in [2.05, 4.69) is 22.2 Å². The van der Waals surface area contributed by atoms with Crippen LogP contribution in [0.4, 0.5) is 11.8 Å². The summed E-state index contributed by atoms with van der Waals surface area (Å²) in [6.07, 6.45) is 0.975. The molecule has 3 rings (SSSR count). The molecule has 2 aromatic heterocycles. The highest BCUT2D eigenvalue weighted by molar-refractivity contribution is 7.16. The first kappa shape index (κ1) is 10.7. The summed E-state index contributed by atoms with van der Waals surface area (Å²) < 4.78 is 5.42. The van der Waals surface area contributed by atoms with E-state index in [9.17, 15) is 0 Å². The molecule has 0 spiro atoms. The number of hydrogen-bond donors (Lipinski definition) is 2. The van der Waals surface area contributed by atoms with Gasteiger partial charge >= 0.3 is 0 Å². The third-order valence-electron chi connectivity index (χ3n) is 2.98. The molecule has 2 aromatic rings. The van der Waals surface area contributed by atoms with Gasteiger partial charge in [0, 0.05) is 6.61 Å². The maximum absolute atomic E-state index is 5.71. The number of aromatic nitrogens is 2. The number of thiophene rings is 1. The van der Waals surface area contributed by atoms with E-state index in [1.54, 1.807) is 11.3 Å². The zero-order chi connectivity index (χ0) is 11.9. The molecule has 0 aliphatic carbocycles. The largest absolute Gasteiger partial charge is 0.379 e. The first-order valence-corrected chi connectivity index (χ1v) is 6.41. The Balaban J connectivity index is 2.01. The fraction of sp³-hybridized carbons (Fsp3) is 0.455. The molecule has 0 aromatic carbocycles. The van der Waals surface area contributed by atoms with Crippen LogP contribution in [0.15, 0.2) is 11.4 Å². The number of nitrogens with zero attached hydrogens (tertiary/aromatic N) is 2. The number of ether oxygens (including phenoxy) is 1. The van der Waals surface area contributed by atoms with Crippen LogP contribution in [0.5, 0.6) is 0 Å². The van der Waals surface area contributed by atoms with E-state index in [4.69, 9.17) is 10.5 Å². The van der Waals surface area contributed by atoms with Crippen LogP contribution in [-0.4, -0.2) is 28.7 Å². The summed E-state index contributed by atoms with van der Waals surface area (Å²) in [5.74, 6) is 1.12. The Kier molecular flexibility index (Phi) is 2.41. The highest BCUT2D eigenvalue weighted by atomic mass is 32.1. The molecule has 1 saturated heterocycles. The van der Waals surface area contributed by atoms with E-state index in [-0.39, 0.29) is 5.54 Å². The van der Waals surface area contributed by atoms with Crippen molar-refractivity contribution in [2.45, 2.75) is 18.9 Å². The molecule has 0 saturated carbocycles. The maximum Gasteiger partial charge on any atom is 0.223 e. The molecule has 3 N–H and O–H groups in total. The van der Waals surface area contributed by atoms with Crippen LogP contribution < -0.4 is 11.1 Å². The topological polar surface area (TPSA) is 73.1 Å². The molecular formula is C11H14N4OS. The minimum atomic E-state index is -0.0599. The maximum atomic E-state index is 5.71. The molecule has 0 radical (unpaired) electrons. The number of nitrogens with two attached hydrogens (primary N) is 1. The Morgan fingerprint density at radius 2 is 2.41 bits per heavy atom. The van der Waals surface area contributed by atoms with Gasteiger partial charge in [0.05, 0.1) is 17.5 Å². The first-order chi connectivity index (χ1) is 8.16. The highest BCUT2D eigenvalue weighted by Gasteiger charge is 2.30. The summed E-state index contributed by atoms with van der Waals surface area (Å²) in [5.41, 5.74) is 5.65. The van der Waals surface area contributed by atoms with Crippen LogP contribution in [0.1, 0.15) is 13.3 Å². The van der Waals surface area contributed by atoms with Crippen LogP contribution in [0.2, 0.25) is 0 Å². The number of nitrogen functional groups attached to an aromatic ring is 1. The van der Waals surface area contributed by atoms with E-state index >= 15 is 0 Å². The summed E-state index contributed by atoms with van der Waals surface area (Å²) in [4.78, 5) is 9.42. The number of fused-ring (bicyclic) bond motifs is 1. The molecule has 3 heterocycles. The Labute approximate surface area is 103 Å². The quantitative estimate of drug-likeness (QED) is 0.851. The Morgan fingerprint density at radius 3 is 3.18 bits per heavy atom. The standard InChI is InChI=1S/C11H14N4OS/c1-11(3-4-16-6-11)15-8-7-2-5-17-9(7)14-10(12)13-8/h2,5H,3-4,6H2,1H3,(H3,12,13,14,15). The van der Waals surface area contributed by atoms with Gasteiger partial charge < -0.3 is 15.8 Å². The summed E-state index contributed by atoms with van der Waals surface area (Å²) >= 11 is 1.57. The van der Waals surface area contributed by atoms with Gasteiger partial charge in [0.2, 0.25) is 5.95 Å². The monoisotopic (exact) mass is 250 g/mol. The zero-order valence-electron chi connectivity index (χ0n) is 9.56. The average molecular weight is 250 g/mol. The second kappa shape index (κ2) is 3.82. The summed E-state index contributed by atoms with van der Waals surface area (Å²) in [5, 5.41) is 6.46. The average Bonchev–Trinajstić information content (AvgIpc) is 2.86. The van der Waals surface area contributed by atoms with Gasteiger partial charge in [-0.1, -0.05) is 0 Å². The lowest BCUT2D eigenvalue weighted by atomic mass is 10.0. The number of rotatable bonds is 2. The molecule has 90 valence electrons. The van der Waals surface area contributed by atoms with Gasteiger partial charge in [0.15, 0.2) is 0 Å². The SMILES string of the molecule is CC1(Nc2nc(N)nc3sccc23)CCOC1. The Bertz CT molecular complexity index is 547. The van der Waals surface area contributed by atoms with Gasteiger partial charge in [-0.05, 0) is 24.8 Å². The second-order valence-electron chi connectivity index (χ2n) is 4.56. The molecule has 0 bridgehead atoms. The number of anilines is 2. The third kappa shape index (κ3) is 1.94. The molecule has 0 amide bonds. The zero-order valence-corrected chi connectivity index (χ0v) is 10.4. The highest BCUT2D eigenvalue weighted by Crippen LogP contribution is 2.30. The third-order valence-corrected chi connectivity index (χ3v) is 3.79. The first-order valence-electron chi connectivity index (χ1n) is 5.53. The van der Waals surface area contributed by atoms with Crippen molar-refractivity contribution in [3.05, 3.63) is 11.4 Å².